The Bertz CT molecular complexity index is 491. The average molecular weight is 288 g/mol. The molecular weight excluding hydrogens is 268 g/mol. The van der Waals surface area contributed by atoms with E-state index in [2.05, 4.69) is 4.85 Å². The van der Waals surface area contributed by atoms with Crippen LogP contribution in [0.3, 0.4) is 0 Å². The van der Waals surface area contributed by atoms with Crippen LogP contribution in [0.2, 0.25) is 0 Å². The van der Waals surface area contributed by atoms with Gasteiger partial charge in [-0.3, -0.25) is 4.85 Å². The second-order valence-corrected chi connectivity index (χ2v) is 8.10. The number of sulfone groups is 1. The van der Waals surface area contributed by atoms with Crippen LogP contribution in [0.5, 0.6) is 0 Å². The molecule has 0 atom stereocenters. The standard InChI is InChI=1S/C12H20N2O4S/c1-11(2,3)18-10(15)14-8-6-12(13-4,7-9-14)19(5,16)17/h6-9H2,1-3,5H3. The van der Waals surface area contributed by atoms with Crippen LogP contribution in [0.1, 0.15) is 33.6 Å². The van der Waals surface area contributed by atoms with Crippen LogP contribution in [-0.4, -0.2) is 49.2 Å². The summed E-state index contributed by atoms with van der Waals surface area (Å²) in [5.41, 5.74) is -0.581. The minimum atomic E-state index is -3.45. The number of amides is 1. The molecule has 1 heterocycles. The van der Waals surface area contributed by atoms with Gasteiger partial charge in [0.2, 0.25) is 9.84 Å². The zero-order chi connectivity index (χ0) is 14.9. The summed E-state index contributed by atoms with van der Waals surface area (Å²) in [5, 5.41) is 0. The van der Waals surface area contributed by atoms with E-state index in [0.717, 1.165) is 6.26 Å². The molecule has 0 unspecified atom stereocenters. The molecule has 1 amide bonds. The van der Waals surface area contributed by atoms with Crippen LogP contribution >= 0.6 is 0 Å². The first kappa shape index (κ1) is 15.8. The van der Waals surface area contributed by atoms with E-state index in [-0.39, 0.29) is 25.9 Å². The van der Waals surface area contributed by atoms with Crippen molar-refractivity contribution in [3.63, 3.8) is 0 Å². The number of nitrogens with zero attached hydrogens (tertiary/aromatic N) is 2. The molecule has 0 aromatic rings. The molecule has 0 aromatic heterocycles. The average Bonchev–Trinajstić information content (AvgIpc) is 2.25. The molecule has 1 fully saturated rings. The molecule has 108 valence electrons. The number of carbonyl (C=O) groups is 1. The van der Waals surface area contributed by atoms with E-state index in [9.17, 15) is 13.2 Å². The maximum atomic E-state index is 11.8. The van der Waals surface area contributed by atoms with Crippen molar-refractivity contribution in [1.29, 1.82) is 0 Å². The van der Waals surface area contributed by atoms with Crippen molar-refractivity contribution in [3.8, 4) is 0 Å². The summed E-state index contributed by atoms with van der Waals surface area (Å²) in [4.78, 5) is 15.2. The van der Waals surface area contributed by atoms with Gasteiger partial charge in [0, 0.05) is 19.3 Å². The first-order valence-corrected chi connectivity index (χ1v) is 7.96. The number of hydrogen-bond donors (Lipinski definition) is 0. The Kier molecular flexibility index (Phi) is 4.15. The second kappa shape index (κ2) is 5.00. The quantitative estimate of drug-likeness (QED) is 0.688. The maximum Gasteiger partial charge on any atom is 0.410 e. The summed E-state index contributed by atoms with van der Waals surface area (Å²) in [6, 6.07) is 0. The summed E-state index contributed by atoms with van der Waals surface area (Å²) in [6.07, 6.45) is 0.886. The molecule has 1 aliphatic rings. The van der Waals surface area contributed by atoms with E-state index in [0.29, 0.717) is 0 Å². The number of likely N-dealkylation sites (tertiary alicyclic amines) is 1. The number of carbonyl (C=O) groups excluding carboxylic acids is 1. The van der Waals surface area contributed by atoms with Crippen LogP contribution in [0, 0.1) is 6.57 Å². The second-order valence-electron chi connectivity index (χ2n) is 5.80. The lowest BCUT2D eigenvalue weighted by molar-refractivity contribution is 0.0204. The van der Waals surface area contributed by atoms with Gasteiger partial charge in [0.25, 0.3) is 0 Å². The fourth-order valence-corrected chi connectivity index (χ4v) is 3.02. The first-order valence-electron chi connectivity index (χ1n) is 6.07. The van der Waals surface area contributed by atoms with Crippen molar-refractivity contribution < 1.29 is 17.9 Å². The number of rotatable bonds is 1. The molecule has 1 saturated heterocycles. The van der Waals surface area contributed by atoms with Crippen molar-refractivity contribution >= 4 is 15.9 Å². The van der Waals surface area contributed by atoms with Gasteiger partial charge in [-0.05, 0) is 20.8 Å². The number of piperidine rings is 1. The van der Waals surface area contributed by atoms with Crippen molar-refractivity contribution in [2.45, 2.75) is 44.1 Å². The Morgan fingerprint density at radius 1 is 1.32 bits per heavy atom. The SMILES string of the molecule is [C-]#[N+]C1(S(C)(=O)=O)CCN(C(=O)OC(C)(C)C)CC1. The van der Waals surface area contributed by atoms with Gasteiger partial charge in [-0.15, -0.1) is 0 Å². The largest absolute Gasteiger partial charge is 0.444 e. The Morgan fingerprint density at radius 3 is 2.11 bits per heavy atom. The van der Waals surface area contributed by atoms with E-state index >= 15 is 0 Å². The molecule has 0 spiro atoms. The predicted molar refractivity (Wildman–Crippen MR) is 71.2 cm³/mol. The lowest BCUT2D eigenvalue weighted by Gasteiger charge is -2.33. The zero-order valence-electron chi connectivity index (χ0n) is 11.8. The fraction of sp³-hybridized carbons (Fsp3) is 0.833. The van der Waals surface area contributed by atoms with E-state index in [4.69, 9.17) is 11.3 Å². The van der Waals surface area contributed by atoms with Gasteiger partial charge in [-0.1, -0.05) is 0 Å². The fourth-order valence-electron chi connectivity index (χ4n) is 1.93. The van der Waals surface area contributed by atoms with Crippen molar-refractivity contribution in [1.82, 2.24) is 4.90 Å². The van der Waals surface area contributed by atoms with Gasteiger partial charge in [0.15, 0.2) is 0 Å². The van der Waals surface area contributed by atoms with Crippen molar-refractivity contribution in [2.75, 3.05) is 19.3 Å². The summed E-state index contributed by atoms with van der Waals surface area (Å²) in [7, 11) is -3.45. The molecule has 6 nitrogen and oxygen atoms in total. The molecule has 19 heavy (non-hydrogen) atoms. The maximum absolute atomic E-state index is 11.8. The molecule has 1 aliphatic heterocycles. The topological polar surface area (TPSA) is 68.0 Å². The highest BCUT2D eigenvalue weighted by Crippen LogP contribution is 2.32. The summed E-state index contributed by atoms with van der Waals surface area (Å²) in [6.45, 7) is 12.9. The van der Waals surface area contributed by atoms with Gasteiger partial charge in [-0.25, -0.2) is 19.8 Å². The van der Waals surface area contributed by atoms with Gasteiger partial charge in [0.05, 0.1) is 12.8 Å². The predicted octanol–water partition coefficient (Wildman–Crippen LogP) is 1.68. The van der Waals surface area contributed by atoms with Gasteiger partial charge >= 0.3 is 11.0 Å². The summed E-state index contributed by atoms with van der Waals surface area (Å²) < 4.78 is 28.6. The minimum Gasteiger partial charge on any atom is -0.444 e. The van der Waals surface area contributed by atoms with E-state index in [1.807, 2.05) is 0 Å². The lowest BCUT2D eigenvalue weighted by Crippen LogP contribution is -2.49. The van der Waals surface area contributed by atoms with Gasteiger partial charge < -0.3 is 9.64 Å². The molecule has 1 rings (SSSR count). The van der Waals surface area contributed by atoms with Crippen LogP contribution in [0.15, 0.2) is 0 Å². The molecule has 0 aromatic carbocycles. The van der Waals surface area contributed by atoms with E-state index in [1.54, 1.807) is 20.8 Å². The first-order chi connectivity index (χ1) is 8.51. The third kappa shape index (κ3) is 3.60. The molecule has 0 saturated carbocycles. The summed E-state index contributed by atoms with van der Waals surface area (Å²) >= 11 is 0. The minimum absolute atomic E-state index is 0.134. The van der Waals surface area contributed by atoms with Gasteiger partial charge in [-0.2, -0.15) is 0 Å². The highest BCUT2D eigenvalue weighted by Gasteiger charge is 2.51. The van der Waals surface area contributed by atoms with E-state index < -0.39 is 26.4 Å². The van der Waals surface area contributed by atoms with E-state index in [1.165, 1.54) is 4.90 Å². The molecule has 0 aliphatic carbocycles. The van der Waals surface area contributed by atoms with Crippen LogP contribution < -0.4 is 0 Å². The van der Waals surface area contributed by atoms with Crippen LogP contribution in [0.25, 0.3) is 4.85 Å². The Labute approximate surface area is 114 Å². The Hall–Kier alpha value is -1.29. The number of hydrogen-bond acceptors (Lipinski definition) is 4. The van der Waals surface area contributed by atoms with Crippen LogP contribution in [0.4, 0.5) is 4.79 Å². The van der Waals surface area contributed by atoms with Crippen molar-refractivity contribution in [3.05, 3.63) is 11.4 Å². The van der Waals surface area contributed by atoms with Crippen LogP contribution in [-0.2, 0) is 14.6 Å². The molecule has 0 N–H and O–H groups in total. The van der Waals surface area contributed by atoms with Gasteiger partial charge in [0.1, 0.15) is 5.60 Å². The highest BCUT2D eigenvalue weighted by atomic mass is 32.2. The molecule has 0 bridgehead atoms. The zero-order valence-corrected chi connectivity index (χ0v) is 12.6. The Morgan fingerprint density at radius 2 is 1.79 bits per heavy atom. The Balaban J connectivity index is 2.73. The summed E-state index contributed by atoms with van der Waals surface area (Å²) in [5.74, 6) is 0. The molecule has 7 heteroatoms. The number of ether oxygens (including phenoxy) is 1. The highest BCUT2D eigenvalue weighted by molar-refractivity contribution is 7.92. The third-order valence-corrected chi connectivity index (χ3v) is 4.97. The monoisotopic (exact) mass is 288 g/mol. The third-order valence-electron chi connectivity index (χ3n) is 3.09. The normalized spacial score (nSPS) is 19.6. The molecule has 0 radical (unpaired) electrons. The lowest BCUT2D eigenvalue weighted by atomic mass is 10.1. The smallest absolute Gasteiger partial charge is 0.410 e. The molecular formula is C12H20N2O4S. The van der Waals surface area contributed by atoms with Crippen molar-refractivity contribution in [2.24, 2.45) is 0 Å².